The molecule has 3 aliphatic heterocycles. The number of hydrogen-bond acceptors (Lipinski definition) is 7. The number of aromatic nitrogens is 2. The van der Waals surface area contributed by atoms with Crippen molar-refractivity contribution in [2.45, 2.75) is 32.1 Å². The predicted molar refractivity (Wildman–Crippen MR) is 135 cm³/mol. The predicted octanol–water partition coefficient (Wildman–Crippen LogP) is 4.01. The van der Waals surface area contributed by atoms with Gasteiger partial charge in [-0.05, 0) is 47.4 Å². The molecule has 5 heterocycles. The lowest BCUT2D eigenvalue weighted by Crippen LogP contribution is -2.44. The first kappa shape index (κ1) is 22.7. The van der Waals surface area contributed by atoms with E-state index in [1.54, 1.807) is 35.8 Å². The summed E-state index contributed by atoms with van der Waals surface area (Å²) < 4.78 is 32.1. The van der Waals surface area contributed by atoms with Crippen LogP contribution in [0.4, 0.5) is 4.39 Å². The summed E-state index contributed by atoms with van der Waals surface area (Å²) in [4.78, 5) is 31.1. The van der Waals surface area contributed by atoms with Crippen LogP contribution in [0.2, 0.25) is 0 Å². The third kappa shape index (κ3) is 2.96. The summed E-state index contributed by atoms with van der Waals surface area (Å²) in [5.74, 6) is -0.0861. The summed E-state index contributed by atoms with van der Waals surface area (Å²) >= 11 is 0. The van der Waals surface area contributed by atoms with E-state index in [0.717, 1.165) is 10.9 Å². The van der Waals surface area contributed by atoms with Gasteiger partial charge in [0.25, 0.3) is 5.56 Å². The molecule has 1 atom stereocenters. The summed E-state index contributed by atoms with van der Waals surface area (Å²) in [7, 11) is 0. The van der Waals surface area contributed by atoms with Crippen molar-refractivity contribution in [1.29, 1.82) is 0 Å². The average Bonchev–Trinajstić information content (AvgIpc) is 3.52. The summed E-state index contributed by atoms with van der Waals surface area (Å²) in [6, 6.07) is 11.4. The van der Waals surface area contributed by atoms with Gasteiger partial charge in [-0.1, -0.05) is 25.6 Å². The van der Waals surface area contributed by atoms with Crippen molar-refractivity contribution in [1.82, 2.24) is 9.55 Å². The van der Waals surface area contributed by atoms with Gasteiger partial charge in [-0.15, -0.1) is 0 Å². The molecule has 8 nitrogen and oxygen atoms in total. The highest BCUT2D eigenvalue weighted by molar-refractivity contribution is 6.01. The Balaban J connectivity index is 1.54. The molecule has 0 spiro atoms. The molecule has 2 aromatic carbocycles. The Kier molecular flexibility index (Phi) is 4.63. The van der Waals surface area contributed by atoms with E-state index in [2.05, 4.69) is 6.58 Å². The van der Waals surface area contributed by atoms with Gasteiger partial charge in [0.1, 0.15) is 12.4 Å². The minimum Gasteiger partial charge on any atom is -0.458 e. The van der Waals surface area contributed by atoms with Gasteiger partial charge in [0.05, 0.1) is 29.0 Å². The maximum absolute atomic E-state index is 14.2. The standard InChI is InChI=1S/C29H21FN2O6/c1-3-29(35)20-9-22-26-18(11-32(22)27(33)19(20)12-36-28(29)34)25(14(2)15-5-4-6-16(30)7-15)17-8-23-24(38-13-37-23)10-21(17)31-26/h4-10,35H,2-3,11-13H2,1H3/t29-/m0/s1. The number of carbonyl (C=O) groups is 1. The molecule has 0 radical (unpaired) electrons. The van der Waals surface area contributed by atoms with Gasteiger partial charge < -0.3 is 23.9 Å². The lowest BCUT2D eigenvalue weighted by molar-refractivity contribution is -0.172. The highest BCUT2D eigenvalue weighted by Gasteiger charge is 2.45. The number of nitrogens with zero attached hydrogens (tertiary/aromatic N) is 2. The first-order valence-corrected chi connectivity index (χ1v) is 12.2. The molecule has 2 aromatic heterocycles. The number of halogens is 1. The molecule has 0 amide bonds. The van der Waals surface area contributed by atoms with E-state index >= 15 is 0 Å². The first-order valence-electron chi connectivity index (χ1n) is 12.2. The number of rotatable bonds is 3. The number of pyridine rings is 2. The van der Waals surface area contributed by atoms with Crippen LogP contribution in [0.15, 0.2) is 53.8 Å². The fraction of sp³-hybridized carbons (Fsp3) is 0.207. The van der Waals surface area contributed by atoms with Crippen LogP contribution < -0.4 is 15.0 Å². The Morgan fingerprint density at radius 1 is 1.13 bits per heavy atom. The molecule has 38 heavy (non-hydrogen) atoms. The molecule has 3 aliphatic rings. The zero-order valence-electron chi connectivity index (χ0n) is 20.3. The quantitative estimate of drug-likeness (QED) is 0.365. The Bertz CT molecular complexity index is 1810. The van der Waals surface area contributed by atoms with E-state index in [0.29, 0.717) is 45.1 Å². The van der Waals surface area contributed by atoms with E-state index in [9.17, 15) is 19.1 Å². The number of fused-ring (bicyclic) bond motifs is 6. The molecule has 190 valence electrons. The summed E-state index contributed by atoms with van der Waals surface area (Å²) in [6.07, 6.45) is 0.0465. The van der Waals surface area contributed by atoms with Crippen molar-refractivity contribution in [3.05, 3.63) is 93.0 Å². The Hall–Kier alpha value is -4.50. The number of ether oxygens (including phenoxy) is 3. The van der Waals surface area contributed by atoms with E-state index in [-0.39, 0.29) is 43.1 Å². The monoisotopic (exact) mass is 512 g/mol. The van der Waals surface area contributed by atoms with Crippen LogP contribution in [-0.4, -0.2) is 27.4 Å². The van der Waals surface area contributed by atoms with E-state index in [4.69, 9.17) is 19.2 Å². The molecule has 7 rings (SSSR count). The van der Waals surface area contributed by atoms with Crippen molar-refractivity contribution < 1.29 is 28.5 Å². The molecular formula is C29H21FN2O6. The van der Waals surface area contributed by atoms with Crippen molar-refractivity contribution in [3.63, 3.8) is 0 Å². The number of carbonyl (C=O) groups excluding carboxylic acids is 1. The van der Waals surface area contributed by atoms with Crippen LogP contribution in [0.5, 0.6) is 11.5 Å². The van der Waals surface area contributed by atoms with Crippen molar-refractivity contribution in [2.75, 3.05) is 6.79 Å². The minimum absolute atomic E-state index is 0.0465. The van der Waals surface area contributed by atoms with E-state index in [1.807, 2.05) is 6.07 Å². The molecule has 9 heteroatoms. The number of esters is 1. The molecule has 0 saturated carbocycles. The van der Waals surface area contributed by atoms with Crippen LogP contribution >= 0.6 is 0 Å². The van der Waals surface area contributed by atoms with Crippen LogP contribution in [0.1, 0.15) is 41.2 Å². The summed E-state index contributed by atoms with van der Waals surface area (Å²) in [5, 5.41) is 11.9. The van der Waals surface area contributed by atoms with E-state index in [1.165, 1.54) is 12.1 Å². The third-order valence-electron chi connectivity index (χ3n) is 7.66. The van der Waals surface area contributed by atoms with E-state index < -0.39 is 17.4 Å². The van der Waals surface area contributed by atoms with Gasteiger partial charge in [-0.2, -0.15) is 0 Å². The fourth-order valence-electron chi connectivity index (χ4n) is 5.63. The number of benzene rings is 2. The molecule has 4 aromatic rings. The lowest BCUT2D eigenvalue weighted by Gasteiger charge is -2.31. The topological polar surface area (TPSA) is 99.9 Å². The van der Waals surface area contributed by atoms with Gasteiger partial charge in [-0.3, -0.25) is 4.79 Å². The maximum atomic E-state index is 14.2. The second kappa shape index (κ2) is 7.75. The second-order valence-corrected chi connectivity index (χ2v) is 9.63. The Labute approximate surface area is 215 Å². The Morgan fingerprint density at radius 3 is 2.68 bits per heavy atom. The smallest absolute Gasteiger partial charge is 0.343 e. The zero-order valence-corrected chi connectivity index (χ0v) is 20.3. The van der Waals surface area contributed by atoms with Gasteiger partial charge in [0.15, 0.2) is 17.1 Å². The SMILES string of the molecule is C=C(c1cccc(F)c1)c1c2c(nc3cc4c(cc13)OCO4)-c1cc3c(c(=O)n1C2)COC(=O)[C@]3(O)CC. The Morgan fingerprint density at radius 2 is 1.92 bits per heavy atom. The van der Waals surface area contributed by atoms with Crippen LogP contribution in [-0.2, 0) is 28.3 Å². The highest BCUT2D eigenvalue weighted by atomic mass is 19.1. The van der Waals surface area contributed by atoms with Crippen LogP contribution in [0.25, 0.3) is 27.9 Å². The second-order valence-electron chi connectivity index (χ2n) is 9.63. The molecule has 0 fully saturated rings. The van der Waals surface area contributed by atoms with Crippen molar-refractivity contribution in [2.24, 2.45) is 0 Å². The number of aliphatic hydroxyl groups is 1. The fourth-order valence-corrected chi connectivity index (χ4v) is 5.63. The molecule has 0 bridgehead atoms. The average molecular weight is 512 g/mol. The van der Waals surface area contributed by atoms with Crippen molar-refractivity contribution >= 4 is 22.4 Å². The maximum Gasteiger partial charge on any atom is 0.343 e. The van der Waals surface area contributed by atoms with Gasteiger partial charge >= 0.3 is 5.97 Å². The zero-order chi connectivity index (χ0) is 26.3. The molecule has 0 aliphatic carbocycles. The third-order valence-corrected chi connectivity index (χ3v) is 7.66. The number of hydrogen-bond donors (Lipinski definition) is 1. The van der Waals surface area contributed by atoms with Crippen molar-refractivity contribution in [3.8, 4) is 22.9 Å². The van der Waals surface area contributed by atoms with Crippen LogP contribution in [0.3, 0.4) is 0 Å². The summed E-state index contributed by atoms with van der Waals surface area (Å²) in [6.45, 7) is 6.01. The molecule has 0 saturated heterocycles. The molecule has 0 unspecified atom stereocenters. The lowest BCUT2D eigenvalue weighted by atomic mass is 9.86. The molecule has 1 N–H and O–H groups in total. The van der Waals surface area contributed by atoms with Crippen LogP contribution in [0, 0.1) is 5.82 Å². The normalized spacial score (nSPS) is 18.7. The highest BCUT2D eigenvalue weighted by Crippen LogP contribution is 2.45. The minimum atomic E-state index is -1.93. The van der Waals surface area contributed by atoms with Gasteiger partial charge in [0, 0.05) is 22.6 Å². The molecular weight excluding hydrogens is 491 g/mol. The first-order chi connectivity index (χ1) is 18.3. The number of cyclic esters (lactones) is 1. The largest absolute Gasteiger partial charge is 0.458 e. The van der Waals surface area contributed by atoms with Gasteiger partial charge in [0.2, 0.25) is 6.79 Å². The van der Waals surface area contributed by atoms with Gasteiger partial charge in [-0.25, -0.2) is 14.2 Å². The summed E-state index contributed by atoms with van der Waals surface area (Å²) in [5.41, 5.74) is 2.30.